The number of nitrogens with one attached hydrogen (secondary N) is 1. The number of anilines is 1. The number of H-pyrrole nitrogens is 1. The lowest BCUT2D eigenvalue weighted by molar-refractivity contribution is 0.482. The standard InChI is InChI=1S/C10H17N3/c1-10(2,3)13-6-4-5-8-9(13)7-11-12-8/h7H,4-6H2,1-3H3,(H,11,12). The van der Waals surface area contributed by atoms with Gasteiger partial charge in [0.25, 0.3) is 0 Å². The van der Waals surface area contributed by atoms with Gasteiger partial charge in [-0.1, -0.05) is 0 Å². The predicted molar refractivity (Wildman–Crippen MR) is 54.0 cm³/mol. The lowest BCUT2D eigenvalue weighted by atomic mass is 10.00. The van der Waals surface area contributed by atoms with E-state index in [2.05, 4.69) is 35.9 Å². The molecule has 2 heterocycles. The van der Waals surface area contributed by atoms with Crippen LogP contribution in [0.15, 0.2) is 6.20 Å². The Morgan fingerprint density at radius 2 is 2.23 bits per heavy atom. The van der Waals surface area contributed by atoms with Crippen molar-refractivity contribution in [2.24, 2.45) is 0 Å². The number of aromatic nitrogens is 2. The number of aromatic amines is 1. The Morgan fingerprint density at radius 1 is 1.46 bits per heavy atom. The van der Waals surface area contributed by atoms with Crippen LogP contribution in [0, 0.1) is 0 Å². The largest absolute Gasteiger partial charge is 0.364 e. The van der Waals surface area contributed by atoms with Gasteiger partial charge in [0.2, 0.25) is 0 Å². The van der Waals surface area contributed by atoms with Gasteiger partial charge in [-0.25, -0.2) is 0 Å². The summed E-state index contributed by atoms with van der Waals surface area (Å²) in [5.41, 5.74) is 2.72. The molecule has 1 N–H and O–H groups in total. The summed E-state index contributed by atoms with van der Waals surface area (Å²) < 4.78 is 0. The van der Waals surface area contributed by atoms with Gasteiger partial charge in [-0.3, -0.25) is 5.10 Å². The van der Waals surface area contributed by atoms with Gasteiger partial charge < -0.3 is 4.90 Å². The highest BCUT2D eigenvalue weighted by molar-refractivity contribution is 5.52. The monoisotopic (exact) mass is 179 g/mol. The molecule has 0 amide bonds. The summed E-state index contributed by atoms with van der Waals surface area (Å²) in [6.07, 6.45) is 4.35. The zero-order chi connectivity index (χ0) is 9.47. The highest BCUT2D eigenvalue weighted by Gasteiger charge is 2.27. The maximum atomic E-state index is 4.25. The minimum atomic E-state index is 0.207. The molecule has 1 aromatic heterocycles. The molecule has 0 saturated carbocycles. The van der Waals surface area contributed by atoms with Crippen molar-refractivity contribution in [1.82, 2.24) is 10.2 Å². The van der Waals surface area contributed by atoms with Gasteiger partial charge in [-0.15, -0.1) is 0 Å². The fourth-order valence-corrected chi connectivity index (χ4v) is 1.95. The Kier molecular flexibility index (Phi) is 1.82. The van der Waals surface area contributed by atoms with Crippen LogP contribution >= 0.6 is 0 Å². The Bertz CT molecular complexity index is 295. The smallest absolute Gasteiger partial charge is 0.0856 e. The third kappa shape index (κ3) is 1.43. The summed E-state index contributed by atoms with van der Waals surface area (Å²) in [5.74, 6) is 0. The summed E-state index contributed by atoms with van der Waals surface area (Å²) in [6.45, 7) is 7.88. The van der Waals surface area contributed by atoms with Crippen molar-refractivity contribution in [2.45, 2.75) is 39.2 Å². The third-order valence-corrected chi connectivity index (χ3v) is 2.59. The van der Waals surface area contributed by atoms with Crippen LogP contribution in [-0.2, 0) is 6.42 Å². The topological polar surface area (TPSA) is 31.9 Å². The second-order valence-electron chi connectivity index (χ2n) is 4.64. The van der Waals surface area contributed by atoms with Crippen molar-refractivity contribution in [3.63, 3.8) is 0 Å². The predicted octanol–water partition coefficient (Wildman–Crippen LogP) is 1.96. The maximum absolute atomic E-state index is 4.25. The molecule has 0 aliphatic carbocycles. The summed E-state index contributed by atoms with van der Waals surface area (Å²) in [4.78, 5) is 2.43. The molecule has 0 saturated heterocycles. The maximum Gasteiger partial charge on any atom is 0.0856 e. The summed E-state index contributed by atoms with van der Waals surface area (Å²) in [5, 5.41) is 7.20. The van der Waals surface area contributed by atoms with E-state index in [9.17, 15) is 0 Å². The van der Waals surface area contributed by atoms with Crippen LogP contribution < -0.4 is 4.90 Å². The SMILES string of the molecule is CC(C)(C)N1CCCc2n[nH]cc21. The van der Waals surface area contributed by atoms with Crippen molar-refractivity contribution < 1.29 is 0 Å². The lowest BCUT2D eigenvalue weighted by Crippen LogP contribution is -2.44. The van der Waals surface area contributed by atoms with Crippen LogP contribution in [-0.4, -0.2) is 22.3 Å². The Hall–Kier alpha value is -0.990. The van der Waals surface area contributed by atoms with Crippen molar-refractivity contribution in [3.05, 3.63) is 11.9 Å². The van der Waals surface area contributed by atoms with E-state index < -0.39 is 0 Å². The van der Waals surface area contributed by atoms with E-state index in [-0.39, 0.29) is 5.54 Å². The molecular formula is C10H17N3. The molecule has 1 aliphatic rings. The second-order valence-corrected chi connectivity index (χ2v) is 4.64. The molecule has 0 spiro atoms. The van der Waals surface area contributed by atoms with Crippen LogP contribution in [0.3, 0.4) is 0 Å². The van der Waals surface area contributed by atoms with Gasteiger partial charge in [0.1, 0.15) is 0 Å². The number of hydrogen-bond acceptors (Lipinski definition) is 2. The molecule has 13 heavy (non-hydrogen) atoms. The van der Waals surface area contributed by atoms with E-state index in [1.54, 1.807) is 0 Å². The number of rotatable bonds is 0. The van der Waals surface area contributed by atoms with Crippen LogP contribution in [0.2, 0.25) is 0 Å². The molecule has 0 unspecified atom stereocenters. The normalized spacial score (nSPS) is 17.3. The lowest BCUT2D eigenvalue weighted by Gasteiger charge is -2.39. The first-order valence-corrected chi connectivity index (χ1v) is 4.89. The Labute approximate surface area is 79.1 Å². The molecule has 1 aliphatic heterocycles. The fourth-order valence-electron chi connectivity index (χ4n) is 1.95. The van der Waals surface area contributed by atoms with Gasteiger partial charge >= 0.3 is 0 Å². The minimum Gasteiger partial charge on any atom is -0.364 e. The van der Waals surface area contributed by atoms with Crippen LogP contribution in [0.5, 0.6) is 0 Å². The van der Waals surface area contributed by atoms with Gasteiger partial charge in [-0.2, -0.15) is 5.10 Å². The van der Waals surface area contributed by atoms with Gasteiger partial charge in [0.15, 0.2) is 0 Å². The molecule has 0 fully saturated rings. The third-order valence-electron chi connectivity index (χ3n) is 2.59. The summed E-state index contributed by atoms with van der Waals surface area (Å²) in [7, 11) is 0. The highest BCUT2D eigenvalue weighted by atomic mass is 15.2. The molecule has 0 aromatic carbocycles. The van der Waals surface area contributed by atoms with E-state index >= 15 is 0 Å². The van der Waals surface area contributed by atoms with Gasteiger partial charge in [0.05, 0.1) is 11.4 Å². The van der Waals surface area contributed by atoms with E-state index in [4.69, 9.17) is 0 Å². The van der Waals surface area contributed by atoms with E-state index in [1.165, 1.54) is 17.8 Å². The summed E-state index contributed by atoms with van der Waals surface area (Å²) >= 11 is 0. The molecule has 0 radical (unpaired) electrons. The van der Waals surface area contributed by atoms with E-state index in [0.717, 1.165) is 13.0 Å². The minimum absolute atomic E-state index is 0.207. The van der Waals surface area contributed by atoms with Crippen LogP contribution in [0.4, 0.5) is 5.69 Å². The first-order chi connectivity index (χ1) is 6.09. The van der Waals surface area contributed by atoms with Gasteiger partial charge in [-0.05, 0) is 33.6 Å². The van der Waals surface area contributed by atoms with E-state index in [1.807, 2.05) is 6.20 Å². The quantitative estimate of drug-likeness (QED) is 0.660. The second kappa shape index (κ2) is 2.76. The number of nitrogens with zero attached hydrogens (tertiary/aromatic N) is 2. The van der Waals surface area contributed by atoms with Crippen LogP contribution in [0.1, 0.15) is 32.9 Å². The molecule has 3 heteroatoms. The molecule has 1 aromatic rings. The molecular weight excluding hydrogens is 162 g/mol. The first kappa shape index (κ1) is 8.60. The van der Waals surface area contributed by atoms with Crippen molar-refractivity contribution in [3.8, 4) is 0 Å². The number of fused-ring (bicyclic) bond motifs is 1. The molecule has 72 valence electrons. The number of aryl methyl sites for hydroxylation is 1. The molecule has 3 nitrogen and oxygen atoms in total. The average Bonchev–Trinajstić information content (AvgIpc) is 2.48. The Morgan fingerprint density at radius 3 is 2.92 bits per heavy atom. The zero-order valence-electron chi connectivity index (χ0n) is 8.59. The van der Waals surface area contributed by atoms with Gasteiger partial charge in [0, 0.05) is 18.3 Å². The Balaban J connectivity index is 2.35. The summed E-state index contributed by atoms with van der Waals surface area (Å²) in [6, 6.07) is 0. The average molecular weight is 179 g/mol. The molecule has 0 atom stereocenters. The highest BCUT2D eigenvalue weighted by Crippen LogP contribution is 2.30. The van der Waals surface area contributed by atoms with Crippen molar-refractivity contribution in [1.29, 1.82) is 0 Å². The zero-order valence-corrected chi connectivity index (χ0v) is 8.59. The molecule has 0 bridgehead atoms. The van der Waals surface area contributed by atoms with E-state index in [0.29, 0.717) is 0 Å². The van der Waals surface area contributed by atoms with Crippen molar-refractivity contribution >= 4 is 5.69 Å². The fraction of sp³-hybridized carbons (Fsp3) is 0.700. The number of hydrogen-bond donors (Lipinski definition) is 1. The first-order valence-electron chi connectivity index (χ1n) is 4.89. The van der Waals surface area contributed by atoms with Crippen LogP contribution in [0.25, 0.3) is 0 Å². The van der Waals surface area contributed by atoms with Crippen molar-refractivity contribution in [2.75, 3.05) is 11.4 Å². The molecule has 2 rings (SSSR count).